The number of piperidine rings is 1. The van der Waals surface area contributed by atoms with Crippen LogP contribution in [0.2, 0.25) is 0 Å². The van der Waals surface area contributed by atoms with Crippen molar-refractivity contribution in [2.45, 2.75) is 45.3 Å². The molecule has 2 rings (SSSR count). The van der Waals surface area contributed by atoms with Gasteiger partial charge in [-0.05, 0) is 39.7 Å². The lowest BCUT2D eigenvalue weighted by Gasteiger charge is -2.32. The molecule has 0 aromatic carbocycles. The summed E-state index contributed by atoms with van der Waals surface area (Å²) in [4.78, 5) is 22.5. The molecular formula is C15H24N4O2. The maximum absolute atomic E-state index is 11.8. The van der Waals surface area contributed by atoms with Crippen LogP contribution in [0.3, 0.4) is 0 Å². The lowest BCUT2D eigenvalue weighted by atomic mass is 10.1. The Labute approximate surface area is 125 Å². The zero-order valence-electron chi connectivity index (χ0n) is 13.0. The summed E-state index contributed by atoms with van der Waals surface area (Å²) in [5.74, 6) is 0.720. The van der Waals surface area contributed by atoms with Crippen LogP contribution in [0.15, 0.2) is 18.5 Å². The maximum Gasteiger partial charge on any atom is 0.246 e. The largest absolute Gasteiger partial charge is 0.366 e. The summed E-state index contributed by atoms with van der Waals surface area (Å²) in [5.41, 5.74) is -0.286. The molecule has 1 aromatic heterocycles. The number of nitrogens with one attached hydrogen (secondary N) is 1. The van der Waals surface area contributed by atoms with Crippen molar-refractivity contribution in [1.29, 1.82) is 0 Å². The molecule has 21 heavy (non-hydrogen) atoms. The van der Waals surface area contributed by atoms with E-state index in [0.717, 1.165) is 31.9 Å². The lowest BCUT2D eigenvalue weighted by Crippen LogP contribution is -2.46. The summed E-state index contributed by atoms with van der Waals surface area (Å²) in [6.07, 6.45) is 5.30. The van der Waals surface area contributed by atoms with Gasteiger partial charge in [-0.3, -0.25) is 4.79 Å². The van der Waals surface area contributed by atoms with Crippen LogP contribution in [0.4, 0.5) is 5.95 Å². The predicted molar refractivity (Wildman–Crippen MR) is 81.1 cm³/mol. The molecule has 0 aliphatic carbocycles. The van der Waals surface area contributed by atoms with Crippen LogP contribution >= 0.6 is 0 Å². The Kier molecular flexibility index (Phi) is 5.12. The van der Waals surface area contributed by atoms with Crippen molar-refractivity contribution in [1.82, 2.24) is 15.3 Å². The minimum Gasteiger partial charge on any atom is -0.366 e. The van der Waals surface area contributed by atoms with E-state index >= 15 is 0 Å². The molecule has 0 bridgehead atoms. The van der Waals surface area contributed by atoms with Crippen LogP contribution < -0.4 is 10.2 Å². The highest BCUT2D eigenvalue weighted by atomic mass is 16.5. The van der Waals surface area contributed by atoms with Crippen molar-refractivity contribution in [3.63, 3.8) is 0 Å². The quantitative estimate of drug-likeness (QED) is 0.908. The van der Waals surface area contributed by atoms with E-state index in [1.54, 1.807) is 12.4 Å². The van der Waals surface area contributed by atoms with Crippen molar-refractivity contribution in [2.24, 2.45) is 0 Å². The first-order chi connectivity index (χ1) is 9.94. The van der Waals surface area contributed by atoms with E-state index < -0.39 is 0 Å². The van der Waals surface area contributed by atoms with Gasteiger partial charge in [-0.2, -0.15) is 0 Å². The smallest absolute Gasteiger partial charge is 0.246 e. The fraction of sp³-hybridized carbons (Fsp3) is 0.667. The van der Waals surface area contributed by atoms with Crippen molar-refractivity contribution >= 4 is 11.9 Å². The molecule has 116 valence electrons. The highest BCUT2D eigenvalue weighted by Gasteiger charge is 2.22. The number of carbonyl (C=O) groups excluding carboxylic acids is 1. The molecular weight excluding hydrogens is 268 g/mol. The number of ether oxygens (including phenoxy) is 1. The Bertz CT molecular complexity index is 450. The number of hydrogen-bond acceptors (Lipinski definition) is 5. The Balaban J connectivity index is 1.73. The predicted octanol–water partition coefficient (Wildman–Crippen LogP) is 1.38. The molecule has 2 heterocycles. The summed E-state index contributed by atoms with van der Waals surface area (Å²) in [7, 11) is 0. The van der Waals surface area contributed by atoms with E-state index in [9.17, 15) is 4.79 Å². The van der Waals surface area contributed by atoms with Crippen LogP contribution in [-0.2, 0) is 9.53 Å². The molecule has 0 saturated carbocycles. The van der Waals surface area contributed by atoms with Gasteiger partial charge in [0.2, 0.25) is 11.9 Å². The molecule has 0 unspecified atom stereocenters. The first kappa shape index (κ1) is 15.7. The second-order valence-electron chi connectivity index (χ2n) is 6.28. The van der Waals surface area contributed by atoms with Crippen LogP contribution in [0.25, 0.3) is 0 Å². The third-order valence-electron chi connectivity index (χ3n) is 3.33. The molecule has 1 fully saturated rings. The standard InChI is InChI=1S/C15H24N4O2/c1-15(2,3)21-11-13(20)18-12-5-9-19(10-6-12)14-16-7-4-8-17-14/h4,7-8,12H,5-6,9-11H2,1-3H3,(H,18,20). The van der Waals surface area contributed by atoms with Gasteiger partial charge in [0.1, 0.15) is 6.61 Å². The minimum absolute atomic E-state index is 0.0423. The van der Waals surface area contributed by atoms with Gasteiger partial charge in [-0.1, -0.05) is 0 Å². The molecule has 1 N–H and O–H groups in total. The van der Waals surface area contributed by atoms with Gasteiger partial charge in [0, 0.05) is 31.5 Å². The van der Waals surface area contributed by atoms with Crippen LogP contribution in [-0.4, -0.2) is 47.2 Å². The van der Waals surface area contributed by atoms with E-state index in [0.29, 0.717) is 0 Å². The van der Waals surface area contributed by atoms with Crippen molar-refractivity contribution in [3.05, 3.63) is 18.5 Å². The number of carbonyl (C=O) groups is 1. The molecule has 1 aliphatic rings. The Morgan fingerprint density at radius 2 is 1.95 bits per heavy atom. The second-order valence-corrected chi connectivity index (χ2v) is 6.28. The zero-order valence-corrected chi connectivity index (χ0v) is 13.0. The maximum atomic E-state index is 11.8. The van der Waals surface area contributed by atoms with Crippen LogP contribution in [0, 0.1) is 0 Å². The third kappa shape index (κ3) is 5.30. The number of amides is 1. The van der Waals surface area contributed by atoms with Gasteiger partial charge in [-0.25, -0.2) is 9.97 Å². The average molecular weight is 292 g/mol. The van der Waals surface area contributed by atoms with E-state index in [4.69, 9.17) is 4.74 Å². The van der Waals surface area contributed by atoms with Gasteiger partial charge >= 0.3 is 0 Å². The topological polar surface area (TPSA) is 67.3 Å². The molecule has 1 saturated heterocycles. The monoisotopic (exact) mass is 292 g/mol. The summed E-state index contributed by atoms with van der Waals surface area (Å²) < 4.78 is 5.48. The lowest BCUT2D eigenvalue weighted by molar-refractivity contribution is -0.131. The average Bonchev–Trinajstić information content (AvgIpc) is 2.46. The molecule has 1 aromatic rings. The number of aromatic nitrogens is 2. The number of anilines is 1. The first-order valence-corrected chi connectivity index (χ1v) is 7.39. The highest BCUT2D eigenvalue weighted by Crippen LogP contribution is 2.15. The van der Waals surface area contributed by atoms with Crippen molar-refractivity contribution in [3.8, 4) is 0 Å². The Morgan fingerprint density at radius 1 is 1.33 bits per heavy atom. The highest BCUT2D eigenvalue weighted by molar-refractivity contribution is 5.77. The van der Waals surface area contributed by atoms with E-state index in [1.807, 2.05) is 26.8 Å². The van der Waals surface area contributed by atoms with Crippen molar-refractivity contribution in [2.75, 3.05) is 24.6 Å². The van der Waals surface area contributed by atoms with Gasteiger partial charge in [0.25, 0.3) is 0 Å². The van der Waals surface area contributed by atoms with E-state index in [2.05, 4.69) is 20.2 Å². The van der Waals surface area contributed by atoms with Gasteiger partial charge in [-0.15, -0.1) is 0 Å². The number of nitrogens with zero attached hydrogens (tertiary/aromatic N) is 3. The first-order valence-electron chi connectivity index (χ1n) is 7.39. The Morgan fingerprint density at radius 3 is 2.52 bits per heavy atom. The third-order valence-corrected chi connectivity index (χ3v) is 3.33. The summed E-state index contributed by atoms with van der Waals surface area (Å²) in [5, 5.41) is 3.03. The molecule has 6 heteroatoms. The molecule has 6 nitrogen and oxygen atoms in total. The molecule has 0 atom stereocenters. The van der Waals surface area contributed by atoms with E-state index in [1.165, 1.54) is 0 Å². The number of rotatable bonds is 4. The van der Waals surface area contributed by atoms with Crippen LogP contribution in [0.5, 0.6) is 0 Å². The van der Waals surface area contributed by atoms with Crippen LogP contribution in [0.1, 0.15) is 33.6 Å². The molecule has 0 spiro atoms. The molecule has 1 aliphatic heterocycles. The molecule has 0 radical (unpaired) electrons. The van der Waals surface area contributed by atoms with E-state index in [-0.39, 0.29) is 24.2 Å². The van der Waals surface area contributed by atoms with Gasteiger partial charge in [0.05, 0.1) is 5.60 Å². The minimum atomic E-state index is -0.286. The SMILES string of the molecule is CC(C)(C)OCC(=O)NC1CCN(c2ncccn2)CC1. The molecule has 1 amide bonds. The Hall–Kier alpha value is -1.69. The normalized spacial score (nSPS) is 16.8. The van der Waals surface area contributed by atoms with Gasteiger partial charge < -0.3 is 15.0 Å². The second kappa shape index (κ2) is 6.85. The zero-order chi connectivity index (χ0) is 15.3. The fourth-order valence-electron chi connectivity index (χ4n) is 2.23. The summed E-state index contributed by atoms with van der Waals surface area (Å²) in [6.45, 7) is 7.66. The summed E-state index contributed by atoms with van der Waals surface area (Å²) >= 11 is 0. The fourth-order valence-corrected chi connectivity index (χ4v) is 2.23. The van der Waals surface area contributed by atoms with Crippen molar-refractivity contribution < 1.29 is 9.53 Å². The summed E-state index contributed by atoms with van der Waals surface area (Å²) in [6, 6.07) is 2.02. The number of hydrogen-bond donors (Lipinski definition) is 1. The van der Waals surface area contributed by atoms with Gasteiger partial charge in [0.15, 0.2) is 0 Å².